The number of nitrogens with zero attached hydrogens (tertiary/aromatic N) is 3. The molecular weight excluding hydrogens is 408 g/mol. The predicted molar refractivity (Wildman–Crippen MR) is 130 cm³/mol. The number of pyridine rings is 1. The Kier molecular flexibility index (Phi) is 6.63. The first-order valence-corrected chi connectivity index (χ1v) is 11.6. The fourth-order valence-corrected chi connectivity index (χ4v) is 4.84. The molecule has 0 aliphatic carbocycles. The highest BCUT2D eigenvalue weighted by atomic mass is 32.2. The quantitative estimate of drug-likeness (QED) is 0.622. The number of methoxy groups -OCH3 is 1. The molecule has 1 saturated heterocycles. The van der Waals surface area contributed by atoms with E-state index in [0.717, 1.165) is 52.6 Å². The van der Waals surface area contributed by atoms with Crippen LogP contribution in [0.25, 0.3) is 10.9 Å². The topological polar surface area (TPSA) is 57.7 Å². The molecule has 0 radical (unpaired) electrons. The smallest absolute Gasteiger partial charge is 0.238 e. The summed E-state index contributed by atoms with van der Waals surface area (Å²) < 4.78 is 5.51. The summed E-state index contributed by atoms with van der Waals surface area (Å²) in [6.45, 7) is 4.31. The molecule has 0 atom stereocenters. The number of benzene rings is 2. The zero-order valence-corrected chi connectivity index (χ0v) is 19.0. The summed E-state index contributed by atoms with van der Waals surface area (Å²) in [6.07, 6.45) is 0. The summed E-state index contributed by atoms with van der Waals surface area (Å²) in [5.41, 5.74) is 4.63. The molecule has 1 fully saturated rings. The van der Waals surface area contributed by atoms with Crippen molar-refractivity contribution >= 4 is 45.6 Å². The Bertz CT molecular complexity index is 1080. The average Bonchev–Trinajstić information content (AvgIpc) is 2.78. The summed E-state index contributed by atoms with van der Waals surface area (Å²) in [5, 5.41) is 4.14. The predicted octanol–water partition coefficient (Wildman–Crippen LogP) is 4.31. The number of anilines is 3. The largest absolute Gasteiger partial charge is 0.495 e. The van der Waals surface area contributed by atoms with Crippen LogP contribution < -0.4 is 15.0 Å². The number of hydrogen-bond donors (Lipinski definition) is 1. The molecule has 3 aromatic rings. The summed E-state index contributed by atoms with van der Waals surface area (Å²) in [6, 6.07) is 16.1. The summed E-state index contributed by atoms with van der Waals surface area (Å²) in [7, 11) is 3.65. The minimum Gasteiger partial charge on any atom is -0.495 e. The van der Waals surface area contributed by atoms with Crippen molar-refractivity contribution in [1.29, 1.82) is 0 Å². The van der Waals surface area contributed by atoms with Crippen LogP contribution in [0.3, 0.4) is 0 Å². The van der Waals surface area contributed by atoms with Crippen LogP contribution in [0.4, 0.5) is 17.1 Å². The van der Waals surface area contributed by atoms with Crippen molar-refractivity contribution in [3.8, 4) is 5.75 Å². The second-order valence-corrected chi connectivity index (χ2v) is 8.90. The number of ether oxygens (including phenoxy) is 1. The third-order valence-electron chi connectivity index (χ3n) is 5.50. The number of amides is 1. The second-order valence-electron chi connectivity index (χ2n) is 7.68. The number of fused-ring (bicyclic) bond motifs is 1. The highest BCUT2D eigenvalue weighted by Gasteiger charge is 2.17. The molecule has 1 aliphatic rings. The maximum absolute atomic E-state index is 12.7. The lowest BCUT2D eigenvalue weighted by atomic mass is 10.1. The van der Waals surface area contributed by atoms with Crippen LogP contribution in [0.1, 0.15) is 5.69 Å². The first-order valence-electron chi connectivity index (χ1n) is 10.4. The van der Waals surface area contributed by atoms with Crippen molar-refractivity contribution in [2.24, 2.45) is 0 Å². The highest BCUT2D eigenvalue weighted by Crippen LogP contribution is 2.35. The van der Waals surface area contributed by atoms with E-state index in [0.29, 0.717) is 18.0 Å². The zero-order chi connectivity index (χ0) is 21.8. The zero-order valence-electron chi connectivity index (χ0n) is 18.2. The number of carbonyl (C=O) groups excluding carboxylic acids is 1. The van der Waals surface area contributed by atoms with Gasteiger partial charge in [0.2, 0.25) is 5.91 Å². The Morgan fingerprint density at radius 2 is 1.97 bits per heavy atom. The van der Waals surface area contributed by atoms with Crippen LogP contribution in [0.15, 0.2) is 48.5 Å². The number of para-hydroxylation sites is 1. The second kappa shape index (κ2) is 9.58. The van der Waals surface area contributed by atoms with Gasteiger partial charge in [0.15, 0.2) is 0 Å². The van der Waals surface area contributed by atoms with E-state index in [1.807, 2.05) is 62.1 Å². The van der Waals surface area contributed by atoms with Crippen LogP contribution in [0.5, 0.6) is 5.75 Å². The van der Waals surface area contributed by atoms with Crippen molar-refractivity contribution in [3.05, 3.63) is 54.2 Å². The Morgan fingerprint density at radius 3 is 2.74 bits per heavy atom. The molecule has 31 heavy (non-hydrogen) atoms. The molecule has 2 heterocycles. The number of aryl methyl sites for hydroxylation is 1. The first kappa shape index (κ1) is 21.5. The molecule has 2 aromatic carbocycles. The van der Waals surface area contributed by atoms with Gasteiger partial charge in [0.05, 0.1) is 30.5 Å². The van der Waals surface area contributed by atoms with Gasteiger partial charge in [0.25, 0.3) is 0 Å². The number of thioether (sulfide) groups is 1. The molecule has 0 saturated carbocycles. The first-order chi connectivity index (χ1) is 15.0. The Hall–Kier alpha value is -2.77. The van der Waals surface area contributed by atoms with Crippen molar-refractivity contribution in [2.75, 3.05) is 55.5 Å². The molecule has 6 nitrogen and oxygen atoms in total. The number of nitrogens with one attached hydrogen (secondary N) is 1. The Labute approximate surface area is 187 Å². The van der Waals surface area contributed by atoms with E-state index in [-0.39, 0.29) is 5.91 Å². The van der Waals surface area contributed by atoms with Crippen LogP contribution >= 0.6 is 11.8 Å². The van der Waals surface area contributed by atoms with E-state index in [1.54, 1.807) is 7.11 Å². The third kappa shape index (κ3) is 4.94. The SMILES string of the molecule is COc1ccc(N(C)c2cc(C)nc3ccccc23)cc1NC(=O)CN1CCSCC1. The van der Waals surface area contributed by atoms with Gasteiger partial charge in [-0.3, -0.25) is 14.7 Å². The Balaban J connectivity index is 1.60. The number of hydrogen-bond acceptors (Lipinski definition) is 6. The van der Waals surface area contributed by atoms with E-state index in [2.05, 4.69) is 32.2 Å². The van der Waals surface area contributed by atoms with Gasteiger partial charge in [-0.15, -0.1) is 0 Å². The fraction of sp³-hybridized carbons (Fsp3) is 0.333. The maximum atomic E-state index is 12.7. The lowest BCUT2D eigenvalue weighted by Gasteiger charge is -2.26. The third-order valence-corrected chi connectivity index (χ3v) is 6.44. The molecule has 0 unspecified atom stereocenters. The number of carbonyl (C=O) groups is 1. The van der Waals surface area contributed by atoms with Crippen LogP contribution in [-0.4, -0.2) is 61.1 Å². The lowest BCUT2D eigenvalue weighted by Crippen LogP contribution is -2.38. The summed E-state index contributed by atoms with van der Waals surface area (Å²) in [5.74, 6) is 2.79. The normalized spacial score (nSPS) is 14.4. The molecule has 1 N–H and O–H groups in total. The van der Waals surface area contributed by atoms with Crippen molar-refractivity contribution in [1.82, 2.24) is 9.88 Å². The van der Waals surface area contributed by atoms with Gasteiger partial charge in [0.1, 0.15) is 5.75 Å². The molecule has 1 amide bonds. The van der Waals surface area contributed by atoms with Gasteiger partial charge in [-0.05, 0) is 37.3 Å². The minimum atomic E-state index is -0.0183. The van der Waals surface area contributed by atoms with Crippen LogP contribution in [-0.2, 0) is 4.79 Å². The van der Waals surface area contributed by atoms with Gasteiger partial charge in [-0.25, -0.2) is 0 Å². The fourth-order valence-electron chi connectivity index (χ4n) is 3.86. The standard InChI is InChI=1S/C24H28N4O2S/c1-17-14-22(19-6-4-5-7-20(19)25-17)27(2)18-8-9-23(30-3)21(15-18)26-24(29)16-28-10-12-31-13-11-28/h4-9,14-15H,10-13,16H2,1-3H3,(H,26,29). The number of rotatable bonds is 6. The van der Waals surface area contributed by atoms with Gasteiger partial charge in [-0.2, -0.15) is 11.8 Å². The molecule has 0 bridgehead atoms. The minimum absolute atomic E-state index is 0.0183. The maximum Gasteiger partial charge on any atom is 0.238 e. The van der Waals surface area contributed by atoms with Crippen molar-refractivity contribution in [3.63, 3.8) is 0 Å². The molecule has 1 aliphatic heterocycles. The molecule has 1 aromatic heterocycles. The van der Waals surface area contributed by atoms with E-state index in [9.17, 15) is 4.79 Å². The van der Waals surface area contributed by atoms with Gasteiger partial charge in [0, 0.05) is 48.4 Å². The molecule has 162 valence electrons. The summed E-state index contributed by atoms with van der Waals surface area (Å²) >= 11 is 1.94. The van der Waals surface area contributed by atoms with Crippen LogP contribution in [0.2, 0.25) is 0 Å². The van der Waals surface area contributed by atoms with E-state index in [1.165, 1.54) is 0 Å². The molecule has 4 rings (SSSR count). The van der Waals surface area contributed by atoms with Crippen molar-refractivity contribution in [2.45, 2.75) is 6.92 Å². The number of aromatic nitrogens is 1. The van der Waals surface area contributed by atoms with E-state index < -0.39 is 0 Å². The van der Waals surface area contributed by atoms with Gasteiger partial charge >= 0.3 is 0 Å². The highest BCUT2D eigenvalue weighted by molar-refractivity contribution is 7.99. The molecule has 7 heteroatoms. The van der Waals surface area contributed by atoms with E-state index in [4.69, 9.17) is 4.74 Å². The van der Waals surface area contributed by atoms with Crippen molar-refractivity contribution < 1.29 is 9.53 Å². The monoisotopic (exact) mass is 436 g/mol. The lowest BCUT2D eigenvalue weighted by molar-refractivity contribution is -0.117. The van der Waals surface area contributed by atoms with E-state index >= 15 is 0 Å². The molecular formula is C24H28N4O2S. The van der Waals surface area contributed by atoms with Gasteiger partial charge < -0.3 is 15.0 Å². The average molecular weight is 437 g/mol. The Morgan fingerprint density at radius 1 is 1.19 bits per heavy atom. The summed E-state index contributed by atoms with van der Waals surface area (Å²) in [4.78, 5) is 21.6. The van der Waals surface area contributed by atoms with Gasteiger partial charge in [-0.1, -0.05) is 18.2 Å². The molecule has 0 spiro atoms. The van der Waals surface area contributed by atoms with Crippen LogP contribution in [0, 0.1) is 6.92 Å².